The number of benzene rings is 3. The fourth-order valence-electron chi connectivity index (χ4n) is 4.18. The third-order valence-corrected chi connectivity index (χ3v) is 8.22. The molecule has 8 nitrogen and oxygen atoms in total. The van der Waals surface area contributed by atoms with Crippen molar-refractivity contribution in [2.75, 3.05) is 18.0 Å². The molecule has 214 valence electrons. The van der Waals surface area contributed by atoms with Gasteiger partial charge in [-0.05, 0) is 83.0 Å². The molecule has 0 unspecified atom stereocenters. The van der Waals surface area contributed by atoms with Gasteiger partial charge in [-0.3, -0.25) is 13.9 Å². The zero-order chi connectivity index (χ0) is 29.7. The number of carbonyl (C=O) groups is 2. The minimum absolute atomic E-state index is 0.0781. The lowest BCUT2D eigenvalue weighted by molar-refractivity contribution is -0.140. The number of para-hydroxylation sites is 1. The molecule has 2 amide bonds. The second-order valence-corrected chi connectivity index (χ2v) is 12.8. The Morgan fingerprint density at radius 1 is 0.925 bits per heavy atom. The molecule has 0 saturated heterocycles. The summed E-state index contributed by atoms with van der Waals surface area (Å²) < 4.78 is 34.2. The van der Waals surface area contributed by atoms with Gasteiger partial charge in [-0.1, -0.05) is 48.0 Å². The summed E-state index contributed by atoms with van der Waals surface area (Å²) in [7, 11) is -2.54. The van der Waals surface area contributed by atoms with Crippen molar-refractivity contribution in [3.05, 3.63) is 89.5 Å². The van der Waals surface area contributed by atoms with Gasteiger partial charge in [0, 0.05) is 12.1 Å². The van der Waals surface area contributed by atoms with Crippen LogP contribution in [0.1, 0.15) is 44.4 Å². The highest BCUT2D eigenvalue weighted by Crippen LogP contribution is 2.27. The molecule has 0 aliphatic carbocycles. The van der Waals surface area contributed by atoms with E-state index in [0.29, 0.717) is 17.0 Å². The number of ether oxygens (including phenoxy) is 1. The largest absolute Gasteiger partial charge is 0.497 e. The van der Waals surface area contributed by atoms with Crippen LogP contribution in [-0.2, 0) is 26.2 Å². The van der Waals surface area contributed by atoms with E-state index in [-0.39, 0.29) is 17.3 Å². The van der Waals surface area contributed by atoms with Crippen LogP contribution in [0.2, 0.25) is 0 Å². The highest BCUT2D eigenvalue weighted by molar-refractivity contribution is 7.92. The van der Waals surface area contributed by atoms with Gasteiger partial charge in [0.1, 0.15) is 18.3 Å². The number of amides is 2. The molecule has 0 aliphatic rings. The van der Waals surface area contributed by atoms with Crippen LogP contribution in [0.25, 0.3) is 0 Å². The lowest BCUT2D eigenvalue weighted by atomic mass is 10.1. The van der Waals surface area contributed by atoms with E-state index < -0.39 is 34.1 Å². The number of nitrogens with zero attached hydrogens (tertiary/aromatic N) is 2. The van der Waals surface area contributed by atoms with E-state index in [2.05, 4.69) is 5.32 Å². The second-order valence-electron chi connectivity index (χ2n) is 10.9. The maximum atomic E-state index is 14.0. The van der Waals surface area contributed by atoms with Crippen LogP contribution in [0.5, 0.6) is 5.75 Å². The summed E-state index contributed by atoms with van der Waals surface area (Å²) in [4.78, 5) is 28.7. The Bertz CT molecular complexity index is 1430. The quantitative estimate of drug-likeness (QED) is 0.380. The van der Waals surface area contributed by atoms with Crippen LogP contribution >= 0.6 is 0 Å². The van der Waals surface area contributed by atoms with Gasteiger partial charge in [-0.25, -0.2) is 8.42 Å². The predicted octanol–water partition coefficient (Wildman–Crippen LogP) is 4.84. The molecule has 1 atom stereocenters. The Hall–Kier alpha value is -3.85. The minimum atomic E-state index is -4.11. The van der Waals surface area contributed by atoms with Crippen LogP contribution in [-0.4, -0.2) is 50.4 Å². The van der Waals surface area contributed by atoms with Crippen molar-refractivity contribution in [2.24, 2.45) is 0 Å². The van der Waals surface area contributed by atoms with E-state index >= 15 is 0 Å². The standard InChI is InChI=1S/C31H39N3O5S/c1-22-12-18-27(19-13-22)40(37,38)34(28-11-9-8-10-23(28)2)21-29(35)33(24(3)30(36)32-31(4,5)6)20-25-14-16-26(39-7)17-15-25/h8-19,24H,20-21H2,1-7H3,(H,32,36)/t24-/m1/s1. The first-order chi connectivity index (χ1) is 18.7. The molecular formula is C31H39N3O5S. The van der Waals surface area contributed by atoms with Gasteiger partial charge in [0.15, 0.2) is 0 Å². The molecule has 1 N–H and O–H groups in total. The summed E-state index contributed by atoms with van der Waals surface area (Å²) in [5.74, 6) is -0.181. The van der Waals surface area contributed by atoms with Gasteiger partial charge < -0.3 is 15.0 Å². The molecule has 0 saturated carbocycles. The average Bonchev–Trinajstić information content (AvgIpc) is 2.90. The zero-order valence-electron chi connectivity index (χ0n) is 24.3. The Morgan fingerprint density at radius 3 is 2.08 bits per heavy atom. The van der Waals surface area contributed by atoms with Crippen LogP contribution in [0.4, 0.5) is 5.69 Å². The molecule has 3 rings (SSSR count). The third-order valence-electron chi connectivity index (χ3n) is 6.45. The van der Waals surface area contributed by atoms with Crippen molar-refractivity contribution >= 4 is 27.5 Å². The number of hydrogen-bond donors (Lipinski definition) is 1. The van der Waals surface area contributed by atoms with Gasteiger partial charge in [0.05, 0.1) is 17.7 Å². The van der Waals surface area contributed by atoms with Crippen molar-refractivity contribution in [2.45, 2.75) is 64.6 Å². The number of carbonyl (C=O) groups excluding carboxylic acids is 2. The highest BCUT2D eigenvalue weighted by atomic mass is 32.2. The molecule has 3 aromatic rings. The van der Waals surface area contributed by atoms with Gasteiger partial charge in [-0.2, -0.15) is 0 Å². The minimum Gasteiger partial charge on any atom is -0.497 e. The van der Waals surface area contributed by atoms with Gasteiger partial charge in [0.2, 0.25) is 11.8 Å². The molecular weight excluding hydrogens is 526 g/mol. The molecule has 0 aliphatic heterocycles. The maximum Gasteiger partial charge on any atom is 0.264 e. The van der Waals surface area contributed by atoms with Gasteiger partial charge in [-0.15, -0.1) is 0 Å². The SMILES string of the molecule is COc1ccc(CN(C(=O)CN(c2ccccc2C)S(=O)(=O)c2ccc(C)cc2)[C@H](C)C(=O)NC(C)(C)C)cc1. The van der Waals surface area contributed by atoms with E-state index in [9.17, 15) is 18.0 Å². The van der Waals surface area contributed by atoms with Crippen LogP contribution in [0.3, 0.4) is 0 Å². The van der Waals surface area contributed by atoms with Crippen molar-refractivity contribution in [1.29, 1.82) is 0 Å². The van der Waals surface area contributed by atoms with Crippen molar-refractivity contribution in [3.63, 3.8) is 0 Å². The fourth-order valence-corrected chi connectivity index (χ4v) is 5.66. The van der Waals surface area contributed by atoms with E-state index in [1.165, 1.54) is 17.0 Å². The first kappa shape index (κ1) is 30.7. The summed E-state index contributed by atoms with van der Waals surface area (Å²) in [5.41, 5.74) is 2.27. The number of nitrogens with one attached hydrogen (secondary N) is 1. The monoisotopic (exact) mass is 565 g/mol. The van der Waals surface area contributed by atoms with Crippen molar-refractivity contribution < 1.29 is 22.7 Å². The Morgan fingerprint density at radius 2 is 1.52 bits per heavy atom. The van der Waals surface area contributed by atoms with Gasteiger partial charge in [0.25, 0.3) is 10.0 Å². The summed E-state index contributed by atoms with van der Waals surface area (Å²) in [5, 5.41) is 2.93. The summed E-state index contributed by atoms with van der Waals surface area (Å²) >= 11 is 0. The molecule has 0 spiro atoms. The lowest BCUT2D eigenvalue weighted by Crippen LogP contribution is -2.54. The Balaban J connectivity index is 2.04. The Labute approximate surface area is 238 Å². The molecule has 3 aromatic carbocycles. The zero-order valence-corrected chi connectivity index (χ0v) is 25.1. The van der Waals surface area contributed by atoms with Crippen molar-refractivity contribution in [1.82, 2.24) is 10.2 Å². The lowest BCUT2D eigenvalue weighted by Gasteiger charge is -2.33. The Kier molecular flexibility index (Phi) is 9.63. The van der Waals surface area contributed by atoms with Crippen molar-refractivity contribution in [3.8, 4) is 5.75 Å². The number of methoxy groups -OCH3 is 1. The molecule has 9 heteroatoms. The second kappa shape index (κ2) is 12.6. The van der Waals surface area contributed by atoms with Crippen LogP contribution in [0, 0.1) is 13.8 Å². The highest BCUT2D eigenvalue weighted by Gasteiger charge is 2.33. The number of rotatable bonds is 10. The predicted molar refractivity (Wildman–Crippen MR) is 158 cm³/mol. The van der Waals surface area contributed by atoms with E-state index in [1.54, 1.807) is 63.4 Å². The third kappa shape index (κ3) is 7.63. The normalized spacial score (nSPS) is 12.4. The molecule has 0 heterocycles. The van der Waals surface area contributed by atoms with Gasteiger partial charge >= 0.3 is 0 Å². The molecule has 0 aromatic heterocycles. The molecule has 0 fully saturated rings. The topological polar surface area (TPSA) is 96.0 Å². The number of sulfonamides is 1. The first-order valence-corrected chi connectivity index (χ1v) is 14.6. The van der Waals surface area contributed by atoms with Crippen LogP contribution < -0.4 is 14.4 Å². The summed E-state index contributed by atoms with van der Waals surface area (Å²) in [6.07, 6.45) is 0. The van der Waals surface area contributed by atoms with E-state index in [4.69, 9.17) is 4.74 Å². The average molecular weight is 566 g/mol. The number of anilines is 1. The smallest absolute Gasteiger partial charge is 0.264 e. The summed E-state index contributed by atoms with van der Waals surface area (Å²) in [6, 6.07) is 19.9. The number of aryl methyl sites for hydroxylation is 2. The van der Waals surface area contributed by atoms with Crippen LogP contribution in [0.15, 0.2) is 77.7 Å². The molecule has 0 bridgehead atoms. The maximum absolute atomic E-state index is 14.0. The molecule has 40 heavy (non-hydrogen) atoms. The molecule has 0 radical (unpaired) electrons. The fraction of sp³-hybridized carbons (Fsp3) is 0.355. The van der Waals surface area contributed by atoms with E-state index in [1.807, 2.05) is 45.9 Å². The first-order valence-electron chi connectivity index (χ1n) is 13.1. The summed E-state index contributed by atoms with van der Waals surface area (Å²) in [6.45, 7) is 10.5. The van der Waals surface area contributed by atoms with E-state index in [0.717, 1.165) is 15.4 Å². The number of hydrogen-bond acceptors (Lipinski definition) is 5.